The van der Waals surface area contributed by atoms with Gasteiger partial charge in [0.15, 0.2) is 20.5 Å². The normalized spacial score (nSPS) is 18.0. The van der Waals surface area contributed by atoms with Gasteiger partial charge < -0.3 is 14.2 Å². The molecule has 1 aliphatic heterocycles. The summed E-state index contributed by atoms with van der Waals surface area (Å²) in [5.41, 5.74) is 0.550. The van der Waals surface area contributed by atoms with Crippen molar-refractivity contribution in [3.63, 3.8) is 0 Å². The molecule has 1 atom stereocenters. The number of ether oxygens (including phenoxy) is 3. The summed E-state index contributed by atoms with van der Waals surface area (Å²) in [4.78, 5) is 2.57. The zero-order chi connectivity index (χ0) is 30.1. The van der Waals surface area contributed by atoms with E-state index in [4.69, 9.17) is 18.8 Å². The minimum absolute atomic E-state index is 0.0722. The second kappa shape index (κ2) is 11.5. The molecular formula is C27H25F6O6S2+. The van der Waals surface area contributed by atoms with Crippen LogP contribution in [0.15, 0.2) is 93.5 Å². The number of hydrogen-bond acceptors (Lipinski definition) is 5. The van der Waals surface area contributed by atoms with Gasteiger partial charge in [0.05, 0.1) is 23.9 Å². The Labute approximate surface area is 235 Å². The molecule has 0 saturated carbocycles. The molecule has 4 rings (SSSR count). The van der Waals surface area contributed by atoms with Crippen molar-refractivity contribution in [3.05, 3.63) is 84.4 Å². The average molecular weight is 624 g/mol. The molecule has 3 aromatic rings. The Morgan fingerprint density at radius 2 is 1.34 bits per heavy atom. The summed E-state index contributed by atoms with van der Waals surface area (Å²) >= 11 is 0. The summed E-state index contributed by atoms with van der Waals surface area (Å²) in [5.74, 6) is -9.39. The Morgan fingerprint density at radius 1 is 0.854 bits per heavy atom. The molecule has 41 heavy (non-hydrogen) atoms. The van der Waals surface area contributed by atoms with E-state index in [1.165, 1.54) is 12.1 Å². The lowest BCUT2D eigenvalue weighted by Crippen LogP contribution is -2.47. The minimum atomic E-state index is -6.32. The number of rotatable bonds is 10. The third kappa shape index (κ3) is 6.83. The van der Waals surface area contributed by atoms with Crippen molar-refractivity contribution in [2.24, 2.45) is 0 Å². The fourth-order valence-electron chi connectivity index (χ4n) is 3.90. The molecule has 1 N–H and O–H groups in total. The number of halogens is 6. The highest BCUT2D eigenvalue weighted by Crippen LogP contribution is 2.41. The number of benzene rings is 3. The average Bonchev–Trinajstić information content (AvgIpc) is 2.92. The highest BCUT2D eigenvalue weighted by Gasteiger charge is 2.65. The fraction of sp³-hybridized carbons (Fsp3) is 0.333. The van der Waals surface area contributed by atoms with Gasteiger partial charge in [0.25, 0.3) is 5.92 Å². The summed E-state index contributed by atoms with van der Waals surface area (Å²) in [6.45, 7) is -0.922. The standard InChI is InChI=1S/C27H24F6O6S2/c1-24(38-17-25(28,29)18-39-24)19-7-11-22(12-8-19)40(21-5-3-2-4-6-21)23-13-9-20(10-14-23)37-16-15-26(30,31)27(32,33)41(34,35)36/h2-14H,15-18H2,1H3/p+1. The minimum Gasteiger partial charge on any atom is -0.493 e. The van der Waals surface area contributed by atoms with Crippen molar-refractivity contribution in [1.29, 1.82) is 0 Å². The molecule has 1 saturated heterocycles. The first-order valence-corrected chi connectivity index (χ1v) is 14.7. The van der Waals surface area contributed by atoms with Crippen LogP contribution in [0, 0.1) is 0 Å². The summed E-state index contributed by atoms with van der Waals surface area (Å²) in [6.07, 6.45) is -1.66. The summed E-state index contributed by atoms with van der Waals surface area (Å²) < 4.78 is 127. The van der Waals surface area contributed by atoms with Gasteiger partial charge >= 0.3 is 21.3 Å². The van der Waals surface area contributed by atoms with E-state index >= 15 is 0 Å². The molecule has 6 nitrogen and oxygen atoms in total. The van der Waals surface area contributed by atoms with E-state index in [1.54, 1.807) is 31.2 Å². The highest BCUT2D eigenvalue weighted by molar-refractivity contribution is 7.97. The molecule has 0 radical (unpaired) electrons. The van der Waals surface area contributed by atoms with Gasteiger partial charge in [-0.3, -0.25) is 4.55 Å². The third-order valence-electron chi connectivity index (χ3n) is 6.20. The van der Waals surface area contributed by atoms with E-state index in [-0.39, 0.29) is 5.75 Å². The first-order valence-electron chi connectivity index (χ1n) is 12.1. The van der Waals surface area contributed by atoms with E-state index in [0.29, 0.717) is 5.56 Å². The molecule has 0 bridgehead atoms. The van der Waals surface area contributed by atoms with E-state index in [9.17, 15) is 34.8 Å². The van der Waals surface area contributed by atoms with Crippen molar-refractivity contribution < 1.29 is 53.5 Å². The Hall–Kier alpha value is -2.78. The van der Waals surface area contributed by atoms with Gasteiger partial charge in [-0.1, -0.05) is 18.2 Å². The lowest BCUT2D eigenvalue weighted by atomic mass is 10.1. The molecule has 222 valence electrons. The van der Waals surface area contributed by atoms with E-state index in [2.05, 4.69) is 0 Å². The maximum Gasteiger partial charge on any atom is 0.431 e. The van der Waals surface area contributed by atoms with Crippen LogP contribution in [0.4, 0.5) is 26.3 Å². The Bertz CT molecular complexity index is 1430. The van der Waals surface area contributed by atoms with Gasteiger partial charge in [0, 0.05) is 5.56 Å². The van der Waals surface area contributed by atoms with E-state index in [1.807, 2.05) is 42.5 Å². The fourth-order valence-corrected chi connectivity index (χ4v) is 6.44. The van der Waals surface area contributed by atoms with Crippen LogP contribution in [0.1, 0.15) is 18.9 Å². The zero-order valence-corrected chi connectivity index (χ0v) is 23.0. The number of hydrogen-bond donors (Lipinski definition) is 1. The zero-order valence-electron chi connectivity index (χ0n) is 21.4. The highest BCUT2D eigenvalue weighted by atomic mass is 32.2. The van der Waals surface area contributed by atoms with Crippen LogP contribution in [0.2, 0.25) is 0 Å². The Morgan fingerprint density at radius 3 is 1.85 bits per heavy atom. The van der Waals surface area contributed by atoms with Crippen LogP contribution in [-0.2, 0) is 36.3 Å². The van der Waals surface area contributed by atoms with Crippen molar-refractivity contribution in [3.8, 4) is 5.75 Å². The monoisotopic (exact) mass is 623 g/mol. The maximum atomic E-state index is 13.7. The van der Waals surface area contributed by atoms with Crippen LogP contribution in [0.3, 0.4) is 0 Å². The predicted molar refractivity (Wildman–Crippen MR) is 137 cm³/mol. The van der Waals surface area contributed by atoms with Crippen molar-refractivity contribution in [2.75, 3.05) is 19.8 Å². The van der Waals surface area contributed by atoms with Crippen molar-refractivity contribution >= 4 is 21.0 Å². The molecule has 3 aromatic carbocycles. The topological polar surface area (TPSA) is 82.1 Å². The lowest BCUT2D eigenvalue weighted by molar-refractivity contribution is -0.328. The lowest BCUT2D eigenvalue weighted by Gasteiger charge is -2.37. The predicted octanol–water partition coefficient (Wildman–Crippen LogP) is 6.52. The van der Waals surface area contributed by atoms with Crippen molar-refractivity contribution in [1.82, 2.24) is 0 Å². The second-order valence-corrected chi connectivity index (χ2v) is 12.8. The first kappa shape index (κ1) is 31.2. The van der Waals surface area contributed by atoms with E-state index in [0.717, 1.165) is 14.7 Å². The summed E-state index contributed by atoms with van der Waals surface area (Å²) in [6, 6.07) is 22.7. The molecule has 1 aliphatic rings. The third-order valence-corrected chi connectivity index (χ3v) is 9.38. The summed E-state index contributed by atoms with van der Waals surface area (Å²) in [7, 11) is -7.00. The molecule has 1 unspecified atom stereocenters. The van der Waals surface area contributed by atoms with Crippen LogP contribution < -0.4 is 4.74 Å². The van der Waals surface area contributed by atoms with Crippen LogP contribution in [0.5, 0.6) is 5.75 Å². The van der Waals surface area contributed by atoms with Crippen molar-refractivity contribution in [2.45, 2.75) is 50.9 Å². The van der Waals surface area contributed by atoms with Crippen LogP contribution in [-0.4, -0.2) is 49.9 Å². The van der Waals surface area contributed by atoms with Gasteiger partial charge in [-0.25, -0.2) is 8.78 Å². The quantitative estimate of drug-likeness (QED) is 0.157. The Kier molecular flexibility index (Phi) is 8.72. The van der Waals surface area contributed by atoms with Gasteiger partial charge in [-0.2, -0.15) is 26.0 Å². The molecule has 0 spiro atoms. The molecular weight excluding hydrogens is 598 g/mol. The summed E-state index contributed by atoms with van der Waals surface area (Å²) in [5, 5.41) is -5.66. The molecule has 1 fully saturated rings. The molecule has 0 amide bonds. The number of alkyl halides is 6. The Balaban J connectivity index is 1.51. The van der Waals surface area contributed by atoms with Gasteiger partial charge in [-0.15, -0.1) is 0 Å². The van der Waals surface area contributed by atoms with Gasteiger partial charge in [-0.05, 0) is 67.6 Å². The largest absolute Gasteiger partial charge is 0.493 e. The maximum absolute atomic E-state index is 13.7. The smallest absolute Gasteiger partial charge is 0.431 e. The molecule has 1 heterocycles. The van der Waals surface area contributed by atoms with Crippen LogP contribution in [0.25, 0.3) is 0 Å². The van der Waals surface area contributed by atoms with E-state index < -0.39 is 70.1 Å². The molecule has 14 heteroatoms. The molecule has 0 aromatic heterocycles. The van der Waals surface area contributed by atoms with Gasteiger partial charge in [0.2, 0.25) is 0 Å². The molecule has 0 aliphatic carbocycles. The van der Waals surface area contributed by atoms with Gasteiger partial charge in [0.1, 0.15) is 19.0 Å². The van der Waals surface area contributed by atoms with Crippen LogP contribution >= 0.6 is 0 Å². The SMILES string of the molecule is CC1(c2ccc([S+](c3ccccc3)c3ccc(OCCC(F)(F)C(F)(F)S(=O)(=O)O)cc3)cc2)OCC(F)(F)CO1. The first-order chi connectivity index (χ1) is 19.0. The second-order valence-electron chi connectivity index (χ2n) is 9.29.